The highest BCUT2D eigenvalue weighted by molar-refractivity contribution is 5.78. The van der Waals surface area contributed by atoms with Crippen LogP contribution in [0.1, 0.15) is 12.5 Å². The lowest BCUT2D eigenvalue weighted by Crippen LogP contribution is -2.46. The summed E-state index contributed by atoms with van der Waals surface area (Å²) < 4.78 is 45.3. The Bertz CT molecular complexity index is 528. The fourth-order valence-electron chi connectivity index (χ4n) is 2.54. The third-order valence-electron chi connectivity index (χ3n) is 3.56. The van der Waals surface area contributed by atoms with Crippen LogP contribution in [-0.2, 0) is 16.0 Å². The Hall–Kier alpha value is -1.80. The highest BCUT2D eigenvalue weighted by Gasteiger charge is 2.30. The van der Waals surface area contributed by atoms with E-state index in [9.17, 15) is 18.0 Å². The molecule has 8 heteroatoms. The zero-order chi connectivity index (χ0) is 17.6. The number of carbonyl (C=O) groups is 1. The van der Waals surface area contributed by atoms with Crippen molar-refractivity contribution in [2.75, 3.05) is 32.8 Å². The minimum absolute atomic E-state index is 0.0107. The van der Waals surface area contributed by atoms with Crippen molar-refractivity contribution in [3.05, 3.63) is 29.8 Å². The third-order valence-corrected chi connectivity index (χ3v) is 3.56. The fourth-order valence-corrected chi connectivity index (χ4v) is 2.54. The molecule has 0 spiro atoms. The Balaban J connectivity index is 1.76. The van der Waals surface area contributed by atoms with E-state index >= 15 is 0 Å². The second-order valence-electron chi connectivity index (χ2n) is 5.75. The number of amides is 1. The summed E-state index contributed by atoms with van der Waals surface area (Å²) in [6.45, 7) is 5.77. The van der Waals surface area contributed by atoms with Crippen LogP contribution >= 0.6 is 0 Å². The summed E-state index contributed by atoms with van der Waals surface area (Å²) in [5, 5.41) is 2.90. The maximum atomic E-state index is 12.1. The molecule has 2 rings (SSSR count). The zero-order valence-electron chi connectivity index (χ0n) is 13.4. The molecule has 1 atom stereocenters. The van der Waals surface area contributed by atoms with Crippen molar-refractivity contribution in [3.63, 3.8) is 0 Å². The van der Waals surface area contributed by atoms with Gasteiger partial charge in [0.2, 0.25) is 5.91 Å². The van der Waals surface area contributed by atoms with Gasteiger partial charge >= 0.3 is 6.36 Å². The first-order valence-corrected chi connectivity index (χ1v) is 7.76. The molecule has 1 aromatic carbocycles. The van der Waals surface area contributed by atoms with Crippen molar-refractivity contribution in [1.29, 1.82) is 0 Å². The molecule has 1 aliphatic heterocycles. The Morgan fingerprint density at radius 3 is 2.50 bits per heavy atom. The van der Waals surface area contributed by atoms with Crippen molar-refractivity contribution < 1.29 is 27.4 Å². The van der Waals surface area contributed by atoms with Crippen LogP contribution in [0.5, 0.6) is 5.75 Å². The maximum absolute atomic E-state index is 12.1. The molecule has 0 aliphatic carbocycles. The summed E-state index contributed by atoms with van der Waals surface area (Å²) in [5.41, 5.74) is 0.626. The number of rotatable bonds is 6. The van der Waals surface area contributed by atoms with Crippen LogP contribution < -0.4 is 10.1 Å². The topological polar surface area (TPSA) is 50.8 Å². The van der Waals surface area contributed by atoms with E-state index in [0.29, 0.717) is 18.8 Å². The summed E-state index contributed by atoms with van der Waals surface area (Å²) in [7, 11) is 0. The second-order valence-corrected chi connectivity index (χ2v) is 5.75. The largest absolute Gasteiger partial charge is 0.573 e. The number of nitrogens with zero attached hydrogens (tertiary/aromatic N) is 1. The summed E-state index contributed by atoms with van der Waals surface area (Å²) in [6.07, 6.45) is -4.60. The molecule has 0 aromatic heterocycles. The van der Waals surface area contributed by atoms with Gasteiger partial charge in [0.25, 0.3) is 0 Å². The quantitative estimate of drug-likeness (QED) is 0.856. The normalized spacial score (nSPS) is 17.3. The van der Waals surface area contributed by atoms with Crippen LogP contribution in [-0.4, -0.2) is 56.1 Å². The number of ether oxygens (including phenoxy) is 2. The van der Waals surface area contributed by atoms with Gasteiger partial charge in [-0.3, -0.25) is 9.69 Å². The summed E-state index contributed by atoms with van der Waals surface area (Å²) in [5.74, 6) is -0.465. The monoisotopic (exact) mass is 346 g/mol. The zero-order valence-corrected chi connectivity index (χ0v) is 13.4. The van der Waals surface area contributed by atoms with Crippen LogP contribution in [0.3, 0.4) is 0 Å². The molecule has 1 N–H and O–H groups in total. The van der Waals surface area contributed by atoms with Crippen molar-refractivity contribution in [2.45, 2.75) is 25.7 Å². The average Bonchev–Trinajstić information content (AvgIpc) is 2.48. The Kier molecular flexibility index (Phi) is 6.44. The number of morpholine rings is 1. The van der Waals surface area contributed by atoms with Gasteiger partial charge < -0.3 is 14.8 Å². The van der Waals surface area contributed by atoms with Crippen molar-refractivity contribution in [3.8, 4) is 5.75 Å². The Morgan fingerprint density at radius 1 is 1.29 bits per heavy atom. The Labute approximate surface area is 138 Å². The van der Waals surface area contributed by atoms with Crippen molar-refractivity contribution in [2.24, 2.45) is 0 Å². The SMILES string of the molecule is CC(CN1CCOCC1)NC(=O)Cc1ccc(OC(F)(F)F)cc1. The van der Waals surface area contributed by atoms with Crippen LogP contribution in [0.4, 0.5) is 13.2 Å². The lowest BCUT2D eigenvalue weighted by Gasteiger charge is -2.29. The number of hydrogen-bond donors (Lipinski definition) is 1. The van der Waals surface area contributed by atoms with E-state index in [-0.39, 0.29) is 24.1 Å². The number of carbonyl (C=O) groups excluding carboxylic acids is 1. The van der Waals surface area contributed by atoms with E-state index in [4.69, 9.17) is 4.74 Å². The summed E-state index contributed by atoms with van der Waals surface area (Å²) in [4.78, 5) is 14.2. The highest BCUT2D eigenvalue weighted by atomic mass is 19.4. The van der Waals surface area contributed by atoms with Gasteiger partial charge in [-0.25, -0.2) is 0 Å². The molecule has 24 heavy (non-hydrogen) atoms. The van der Waals surface area contributed by atoms with Crippen molar-refractivity contribution >= 4 is 5.91 Å². The summed E-state index contributed by atoms with van der Waals surface area (Å²) in [6, 6.07) is 5.30. The van der Waals surface area contributed by atoms with Crippen LogP contribution in [0.2, 0.25) is 0 Å². The molecule has 1 aliphatic rings. The van der Waals surface area contributed by atoms with Crippen LogP contribution in [0, 0.1) is 0 Å². The predicted molar refractivity (Wildman–Crippen MR) is 81.7 cm³/mol. The van der Waals surface area contributed by atoms with E-state index in [1.165, 1.54) is 24.3 Å². The highest BCUT2D eigenvalue weighted by Crippen LogP contribution is 2.22. The molecule has 0 bridgehead atoms. The molecule has 5 nitrogen and oxygen atoms in total. The molecule has 1 aromatic rings. The second kappa shape index (κ2) is 8.34. The molecule has 1 amide bonds. The number of halogens is 3. The number of benzene rings is 1. The number of alkyl halides is 3. The van der Waals surface area contributed by atoms with Gasteiger partial charge in [-0.2, -0.15) is 0 Å². The van der Waals surface area contributed by atoms with Gasteiger partial charge in [0.1, 0.15) is 5.75 Å². The smallest absolute Gasteiger partial charge is 0.406 e. The number of nitrogens with one attached hydrogen (secondary N) is 1. The van der Waals surface area contributed by atoms with E-state index in [1.807, 2.05) is 6.92 Å². The maximum Gasteiger partial charge on any atom is 0.573 e. The molecule has 1 saturated heterocycles. The predicted octanol–water partition coefficient (Wildman–Crippen LogP) is 1.96. The summed E-state index contributed by atoms with van der Waals surface area (Å²) >= 11 is 0. The van der Waals surface area contributed by atoms with Crippen LogP contribution in [0.15, 0.2) is 24.3 Å². The van der Waals surface area contributed by atoms with E-state index in [2.05, 4.69) is 15.0 Å². The van der Waals surface area contributed by atoms with Gasteiger partial charge in [-0.1, -0.05) is 12.1 Å². The fraction of sp³-hybridized carbons (Fsp3) is 0.562. The molecule has 134 valence electrons. The molecule has 1 fully saturated rings. The average molecular weight is 346 g/mol. The van der Waals surface area contributed by atoms with Crippen molar-refractivity contribution in [1.82, 2.24) is 10.2 Å². The molecule has 0 radical (unpaired) electrons. The minimum Gasteiger partial charge on any atom is -0.406 e. The van der Waals surface area contributed by atoms with Gasteiger partial charge in [-0.05, 0) is 24.6 Å². The molecule has 1 unspecified atom stereocenters. The van der Waals surface area contributed by atoms with Gasteiger partial charge in [0.15, 0.2) is 0 Å². The molecular weight excluding hydrogens is 325 g/mol. The molecule has 1 heterocycles. The standard InChI is InChI=1S/C16H21F3N2O3/c1-12(11-21-6-8-23-9-7-21)20-15(22)10-13-2-4-14(5-3-13)24-16(17,18)19/h2-5,12H,6-11H2,1H3,(H,20,22). The lowest BCUT2D eigenvalue weighted by atomic mass is 10.1. The van der Waals surface area contributed by atoms with Gasteiger partial charge in [0.05, 0.1) is 19.6 Å². The van der Waals surface area contributed by atoms with Gasteiger partial charge in [0, 0.05) is 25.7 Å². The van der Waals surface area contributed by atoms with Gasteiger partial charge in [-0.15, -0.1) is 13.2 Å². The minimum atomic E-state index is -4.71. The first kappa shape index (κ1) is 18.5. The Morgan fingerprint density at radius 2 is 1.92 bits per heavy atom. The van der Waals surface area contributed by atoms with E-state index < -0.39 is 6.36 Å². The molecule has 0 saturated carbocycles. The van der Waals surface area contributed by atoms with E-state index in [1.54, 1.807) is 0 Å². The third kappa shape index (κ3) is 6.76. The first-order chi connectivity index (χ1) is 11.3. The van der Waals surface area contributed by atoms with Crippen LogP contribution in [0.25, 0.3) is 0 Å². The number of hydrogen-bond acceptors (Lipinski definition) is 4. The molecular formula is C16H21F3N2O3. The lowest BCUT2D eigenvalue weighted by molar-refractivity contribution is -0.274. The first-order valence-electron chi connectivity index (χ1n) is 7.76. The van der Waals surface area contributed by atoms with E-state index in [0.717, 1.165) is 19.6 Å².